The number of carbonyl (C=O) groups excluding carboxylic acids is 1. The Morgan fingerprint density at radius 1 is 1.21 bits per heavy atom. The van der Waals surface area contributed by atoms with Crippen LogP contribution in [0.1, 0.15) is 35.5 Å². The number of carboxylic acids is 1. The number of benzene rings is 1. The van der Waals surface area contributed by atoms with Crippen molar-refractivity contribution in [1.82, 2.24) is 10.3 Å². The number of hydrogen-bond donors (Lipinski definition) is 2. The van der Waals surface area contributed by atoms with Crippen LogP contribution in [0.4, 0.5) is 0 Å². The molecule has 1 amide bonds. The van der Waals surface area contributed by atoms with Crippen molar-refractivity contribution >= 4 is 23.2 Å². The van der Waals surface area contributed by atoms with Gasteiger partial charge in [-0.2, -0.15) is 0 Å². The van der Waals surface area contributed by atoms with Gasteiger partial charge in [0.25, 0.3) is 0 Å². The first kappa shape index (κ1) is 16.6. The van der Waals surface area contributed by atoms with Crippen LogP contribution < -0.4 is 5.32 Å². The van der Waals surface area contributed by atoms with Crippen LogP contribution in [0.5, 0.6) is 0 Å². The molecule has 2 atom stereocenters. The predicted molar refractivity (Wildman–Crippen MR) is 91.7 cm³/mol. The number of rotatable bonds is 6. The van der Waals surface area contributed by atoms with E-state index in [-0.39, 0.29) is 17.7 Å². The first-order chi connectivity index (χ1) is 11.6. The number of aliphatic carboxylic acids is 1. The first-order valence-corrected chi connectivity index (χ1v) is 8.97. The lowest BCUT2D eigenvalue weighted by Crippen LogP contribution is -2.29. The molecule has 0 saturated heterocycles. The molecule has 1 aliphatic carbocycles. The lowest BCUT2D eigenvalue weighted by atomic mass is 10.0. The van der Waals surface area contributed by atoms with E-state index in [0.29, 0.717) is 25.8 Å². The van der Waals surface area contributed by atoms with Gasteiger partial charge in [0.15, 0.2) is 0 Å². The van der Waals surface area contributed by atoms with E-state index in [2.05, 4.69) is 22.4 Å². The Bertz CT molecular complexity index is 714. The van der Waals surface area contributed by atoms with Crippen LogP contribution in [0.15, 0.2) is 35.7 Å². The summed E-state index contributed by atoms with van der Waals surface area (Å²) in [4.78, 5) is 27.7. The molecular weight excluding hydrogens is 324 g/mol. The normalized spacial score (nSPS) is 20.0. The van der Waals surface area contributed by atoms with Gasteiger partial charge in [-0.05, 0) is 24.8 Å². The number of nitrogens with zero attached hydrogens (tertiary/aromatic N) is 1. The fraction of sp³-hybridized carbons (Fsp3) is 0.389. The first-order valence-electron chi connectivity index (χ1n) is 8.09. The van der Waals surface area contributed by atoms with Gasteiger partial charge >= 0.3 is 5.97 Å². The van der Waals surface area contributed by atoms with Crippen LogP contribution in [0.3, 0.4) is 0 Å². The van der Waals surface area contributed by atoms with Crippen LogP contribution in [-0.4, -0.2) is 22.0 Å². The topological polar surface area (TPSA) is 79.3 Å². The summed E-state index contributed by atoms with van der Waals surface area (Å²) in [5, 5.41) is 14.9. The summed E-state index contributed by atoms with van der Waals surface area (Å²) in [7, 11) is 0. The van der Waals surface area contributed by atoms with Crippen molar-refractivity contribution in [3.8, 4) is 0 Å². The lowest BCUT2D eigenvalue weighted by Gasteiger charge is -2.09. The van der Waals surface area contributed by atoms with E-state index < -0.39 is 5.97 Å². The second-order valence-corrected chi connectivity index (χ2v) is 7.10. The quantitative estimate of drug-likeness (QED) is 0.844. The minimum absolute atomic E-state index is 0.0589. The Balaban J connectivity index is 1.49. The molecule has 1 aliphatic rings. The summed E-state index contributed by atoms with van der Waals surface area (Å²) < 4.78 is 0. The molecule has 6 heteroatoms. The van der Waals surface area contributed by atoms with Gasteiger partial charge < -0.3 is 10.4 Å². The van der Waals surface area contributed by atoms with E-state index >= 15 is 0 Å². The van der Waals surface area contributed by atoms with E-state index in [1.165, 1.54) is 5.56 Å². The molecule has 0 spiro atoms. The number of thiazole rings is 1. The molecule has 126 valence electrons. The smallest absolute Gasteiger partial charge is 0.306 e. The highest BCUT2D eigenvalue weighted by Crippen LogP contribution is 2.31. The molecule has 5 nitrogen and oxygen atoms in total. The summed E-state index contributed by atoms with van der Waals surface area (Å²) >= 11 is 1.59. The average Bonchev–Trinajstić information content (AvgIpc) is 3.23. The molecular formula is C18H20N2O3S. The highest BCUT2D eigenvalue weighted by Gasteiger charge is 2.33. The molecule has 0 aliphatic heterocycles. The largest absolute Gasteiger partial charge is 0.481 e. The van der Waals surface area contributed by atoms with Gasteiger partial charge in [-0.3, -0.25) is 9.59 Å². The maximum atomic E-state index is 12.2. The van der Waals surface area contributed by atoms with Crippen molar-refractivity contribution < 1.29 is 14.7 Å². The molecule has 1 aromatic heterocycles. The van der Waals surface area contributed by atoms with Crippen LogP contribution in [-0.2, 0) is 22.6 Å². The van der Waals surface area contributed by atoms with Crippen molar-refractivity contribution in [2.75, 3.05) is 0 Å². The lowest BCUT2D eigenvalue weighted by molar-refractivity contribution is -0.141. The molecule has 1 saturated carbocycles. The molecule has 1 fully saturated rings. The van der Waals surface area contributed by atoms with Gasteiger partial charge in [0.1, 0.15) is 0 Å². The Morgan fingerprint density at radius 2 is 1.96 bits per heavy atom. The number of amides is 1. The van der Waals surface area contributed by atoms with Gasteiger partial charge in [0, 0.05) is 17.7 Å². The molecule has 1 heterocycles. The Hall–Kier alpha value is -2.21. The Kier molecular flexibility index (Phi) is 5.25. The van der Waals surface area contributed by atoms with Crippen molar-refractivity contribution in [2.45, 2.75) is 32.2 Å². The Morgan fingerprint density at radius 3 is 2.67 bits per heavy atom. The van der Waals surface area contributed by atoms with Crippen molar-refractivity contribution in [2.24, 2.45) is 11.8 Å². The predicted octanol–water partition coefficient (Wildman–Crippen LogP) is 2.85. The molecule has 0 bridgehead atoms. The zero-order valence-electron chi connectivity index (χ0n) is 13.3. The van der Waals surface area contributed by atoms with Gasteiger partial charge in [0.05, 0.1) is 23.2 Å². The standard InChI is InChI=1S/C18H20N2O3S/c21-17(13-6-7-14(9-13)18(22)23)19-10-15-11-24-16(20-15)8-12-4-2-1-3-5-12/h1-5,11,13-14H,6-10H2,(H,19,21)(H,22,23)/t13-,14+/m0/s1. The maximum absolute atomic E-state index is 12.2. The summed E-state index contributed by atoms with van der Waals surface area (Å²) in [6.45, 7) is 0.401. The summed E-state index contributed by atoms with van der Waals surface area (Å²) in [5.41, 5.74) is 2.07. The second-order valence-electron chi connectivity index (χ2n) is 6.16. The summed E-state index contributed by atoms with van der Waals surface area (Å²) in [6, 6.07) is 10.2. The van der Waals surface area contributed by atoms with E-state index in [9.17, 15) is 9.59 Å². The number of carbonyl (C=O) groups is 2. The van der Waals surface area contributed by atoms with E-state index in [1.807, 2.05) is 23.6 Å². The fourth-order valence-electron chi connectivity index (χ4n) is 3.05. The third kappa shape index (κ3) is 4.20. The zero-order chi connectivity index (χ0) is 16.9. The highest BCUT2D eigenvalue weighted by molar-refractivity contribution is 7.09. The highest BCUT2D eigenvalue weighted by atomic mass is 32.1. The van der Waals surface area contributed by atoms with Crippen LogP contribution in [0.25, 0.3) is 0 Å². The average molecular weight is 344 g/mol. The number of aromatic nitrogens is 1. The summed E-state index contributed by atoms with van der Waals surface area (Å²) in [6.07, 6.45) is 2.48. The van der Waals surface area contributed by atoms with Gasteiger partial charge in [-0.1, -0.05) is 30.3 Å². The molecule has 0 radical (unpaired) electrons. The molecule has 2 N–H and O–H groups in total. The van der Waals surface area contributed by atoms with Crippen molar-refractivity contribution in [1.29, 1.82) is 0 Å². The number of hydrogen-bond acceptors (Lipinski definition) is 4. The molecule has 24 heavy (non-hydrogen) atoms. The van der Waals surface area contributed by atoms with Crippen LogP contribution >= 0.6 is 11.3 Å². The fourth-order valence-corrected chi connectivity index (χ4v) is 3.88. The van der Waals surface area contributed by atoms with Crippen LogP contribution in [0, 0.1) is 11.8 Å². The minimum atomic E-state index is -0.796. The SMILES string of the molecule is O=C(O)[C@@H]1CC[C@H](C(=O)NCc2csc(Cc3ccccc3)n2)C1. The molecule has 2 aromatic rings. The Labute approximate surface area is 144 Å². The number of nitrogens with one attached hydrogen (secondary N) is 1. The third-order valence-electron chi connectivity index (χ3n) is 4.39. The second kappa shape index (κ2) is 7.57. The molecule has 3 rings (SSSR count). The molecule has 0 unspecified atom stereocenters. The van der Waals surface area contributed by atoms with Gasteiger partial charge in [-0.25, -0.2) is 4.98 Å². The van der Waals surface area contributed by atoms with Crippen molar-refractivity contribution in [3.05, 3.63) is 52.0 Å². The number of carboxylic acid groups (broad SMARTS) is 1. The molecule has 1 aromatic carbocycles. The van der Waals surface area contributed by atoms with Crippen LogP contribution in [0.2, 0.25) is 0 Å². The van der Waals surface area contributed by atoms with Gasteiger partial charge in [-0.15, -0.1) is 11.3 Å². The monoisotopic (exact) mass is 344 g/mol. The minimum Gasteiger partial charge on any atom is -0.481 e. The van der Waals surface area contributed by atoms with Gasteiger partial charge in [0.2, 0.25) is 5.91 Å². The summed E-state index contributed by atoms with van der Waals surface area (Å²) in [5.74, 6) is -1.42. The van der Waals surface area contributed by atoms with E-state index in [4.69, 9.17) is 5.11 Å². The van der Waals surface area contributed by atoms with Crippen molar-refractivity contribution in [3.63, 3.8) is 0 Å². The maximum Gasteiger partial charge on any atom is 0.306 e. The zero-order valence-corrected chi connectivity index (χ0v) is 14.1. The van der Waals surface area contributed by atoms with E-state index in [0.717, 1.165) is 17.1 Å². The third-order valence-corrected chi connectivity index (χ3v) is 5.29. The van der Waals surface area contributed by atoms with E-state index in [1.54, 1.807) is 11.3 Å².